The average Bonchev–Trinajstić information content (AvgIpc) is 2.68. The highest BCUT2D eigenvalue weighted by atomic mass is 16.1. The molecule has 15 heavy (non-hydrogen) atoms. The maximum absolute atomic E-state index is 10.9. The van der Waals surface area contributed by atoms with Crippen molar-refractivity contribution in [1.29, 1.82) is 0 Å². The monoisotopic (exact) mass is 208 g/mol. The van der Waals surface area contributed by atoms with Crippen molar-refractivity contribution in [3.05, 3.63) is 18.0 Å². The lowest BCUT2D eigenvalue weighted by molar-refractivity contribution is 0.1000. The van der Waals surface area contributed by atoms with Gasteiger partial charge in [-0.05, 0) is 31.8 Å². The van der Waals surface area contributed by atoms with Gasteiger partial charge in [0.05, 0.1) is 11.8 Å². The molecule has 1 fully saturated rings. The highest BCUT2D eigenvalue weighted by molar-refractivity contribution is 5.92. The van der Waals surface area contributed by atoms with Gasteiger partial charge in [-0.2, -0.15) is 5.10 Å². The van der Waals surface area contributed by atoms with Crippen molar-refractivity contribution < 1.29 is 4.79 Å². The van der Waals surface area contributed by atoms with Crippen LogP contribution in [0.1, 0.15) is 23.2 Å². The predicted octanol–water partition coefficient (Wildman–Crippen LogP) is -0.0184. The van der Waals surface area contributed by atoms with Crippen molar-refractivity contribution in [3.8, 4) is 0 Å². The average molecular weight is 208 g/mol. The SMILES string of the molecule is NC(=O)c1cnn(C[C@@H]2CCCNC2)c1. The summed E-state index contributed by atoms with van der Waals surface area (Å²) in [6.45, 7) is 3.01. The summed E-state index contributed by atoms with van der Waals surface area (Å²) in [7, 11) is 0. The number of piperidine rings is 1. The van der Waals surface area contributed by atoms with Crippen molar-refractivity contribution >= 4 is 5.91 Å². The Morgan fingerprint density at radius 2 is 2.60 bits per heavy atom. The summed E-state index contributed by atoms with van der Waals surface area (Å²) in [6, 6.07) is 0. The number of carbonyl (C=O) groups excluding carboxylic acids is 1. The van der Waals surface area contributed by atoms with Crippen molar-refractivity contribution in [2.45, 2.75) is 19.4 Å². The molecule has 82 valence electrons. The Kier molecular flexibility index (Phi) is 3.01. The van der Waals surface area contributed by atoms with E-state index < -0.39 is 5.91 Å². The summed E-state index contributed by atoms with van der Waals surface area (Å²) in [6.07, 6.45) is 5.68. The van der Waals surface area contributed by atoms with Gasteiger partial charge in [-0.15, -0.1) is 0 Å². The highest BCUT2D eigenvalue weighted by Gasteiger charge is 2.14. The predicted molar refractivity (Wildman–Crippen MR) is 56.3 cm³/mol. The molecule has 1 amide bonds. The van der Waals surface area contributed by atoms with Crippen molar-refractivity contribution in [2.75, 3.05) is 13.1 Å². The topological polar surface area (TPSA) is 72.9 Å². The van der Waals surface area contributed by atoms with E-state index in [1.54, 1.807) is 10.9 Å². The molecule has 0 radical (unpaired) electrons. The van der Waals surface area contributed by atoms with E-state index in [2.05, 4.69) is 10.4 Å². The van der Waals surface area contributed by atoms with Gasteiger partial charge in [-0.3, -0.25) is 9.48 Å². The Morgan fingerprint density at radius 3 is 3.20 bits per heavy atom. The van der Waals surface area contributed by atoms with Crippen molar-refractivity contribution in [1.82, 2.24) is 15.1 Å². The third kappa shape index (κ3) is 2.56. The first-order chi connectivity index (χ1) is 7.25. The van der Waals surface area contributed by atoms with Crippen molar-refractivity contribution in [2.24, 2.45) is 11.7 Å². The first-order valence-corrected chi connectivity index (χ1v) is 5.28. The van der Waals surface area contributed by atoms with Crippen LogP contribution in [-0.2, 0) is 6.54 Å². The summed E-state index contributed by atoms with van der Waals surface area (Å²) in [4.78, 5) is 10.9. The molecule has 1 aliphatic rings. The van der Waals surface area contributed by atoms with E-state index in [1.807, 2.05) is 0 Å². The fourth-order valence-corrected chi connectivity index (χ4v) is 1.94. The molecule has 1 saturated heterocycles. The molecular weight excluding hydrogens is 192 g/mol. The van der Waals surface area contributed by atoms with Crippen LogP contribution in [0.2, 0.25) is 0 Å². The Bertz CT molecular complexity index is 341. The van der Waals surface area contributed by atoms with Crippen LogP contribution in [0, 0.1) is 5.92 Å². The minimum absolute atomic E-state index is 0.414. The molecule has 5 nitrogen and oxygen atoms in total. The number of hydrogen-bond donors (Lipinski definition) is 2. The van der Waals surface area contributed by atoms with Crippen LogP contribution in [0.3, 0.4) is 0 Å². The number of nitrogens with zero attached hydrogens (tertiary/aromatic N) is 2. The molecule has 0 aliphatic carbocycles. The van der Waals surface area contributed by atoms with Gasteiger partial charge in [0.25, 0.3) is 5.91 Å². The van der Waals surface area contributed by atoms with Crippen LogP contribution in [0.4, 0.5) is 0 Å². The number of primary amides is 1. The molecule has 1 aromatic rings. The molecule has 0 bridgehead atoms. The Balaban J connectivity index is 1.94. The van der Waals surface area contributed by atoms with E-state index in [9.17, 15) is 4.79 Å². The van der Waals surface area contributed by atoms with Gasteiger partial charge in [0.2, 0.25) is 0 Å². The number of nitrogens with two attached hydrogens (primary N) is 1. The highest BCUT2D eigenvalue weighted by Crippen LogP contribution is 2.12. The molecule has 2 rings (SSSR count). The second-order valence-electron chi connectivity index (χ2n) is 4.03. The fourth-order valence-electron chi connectivity index (χ4n) is 1.94. The second kappa shape index (κ2) is 4.44. The second-order valence-corrected chi connectivity index (χ2v) is 4.03. The summed E-state index contributed by atoms with van der Waals surface area (Å²) in [5.74, 6) is 0.197. The van der Waals surface area contributed by atoms with Crippen LogP contribution >= 0.6 is 0 Å². The van der Waals surface area contributed by atoms with E-state index in [-0.39, 0.29) is 0 Å². The molecule has 2 heterocycles. The van der Waals surface area contributed by atoms with Gasteiger partial charge in [0.15, 0.2) is 0 Å². The number of hydrogen-bond acceptors (Lipinski definition) is 3. The zero-order valence-corrected chi connectivity index (χ0v) is 8.65. The molecule has 5 heteroatoms. The van der Waals surface area contributed by atoms with E-state index in [1.165, 1.54) is 19.0 Å². The molecule has 0 aromatic carbocycles. The Hall–Kier alpha value is -1.36. The van der Waals surface area contributed by atoms with Crippen LogP contribution in [0.5, 0.6) is 0 Å². The Morgan fingerprint density at radius 1 is 1.73 bits per heavy atom. The first kappa shape index (κ1) is 10.2. The summed E-state index contributed by atoms with van der Waals surface area (Å²) >= 11 is 0. The fraction of sp³-hybridized carbons (Fsp3) is 0.600. The Labute approximate surface area is 88.6 Å². The molecule has 3 N–H and O–H groups in total. The lowest BCUT2D eigenvalue weighted by Gasteiger charge is -2.22. The summed E-state index contributed by atoms with van der Waals surface area (Å²) in [5, 5.41) is 7.47. The third-order valence-electron chi connectivity index (χ3n) is 2.76. The van der Waals surface area contributed by atoms with Gasteiger partial charge in [-0.1, -0.05) is 0 Å². The number of aromatic nitrogens is 2. The van der Waals surface area contributed by atoms with E-state index in [4.69, 9.17) is 5.73 Å². The molecule has 1 aromatic heterocycles. The summed E-state index contributed by atoms with van der Waals surface area (Å²) in [5.41, 5.74) is 5.64. The lowest BCUT2D eigenvalue weighted by Crippen LogP contribution is -2.32. The minimum Gasteiger partial charge on any atom is -0.366 e. The normalized spacial score (nSPS) is 21.5. The molecule has 1 aliphatic heterocycles. The van der Waals surface area contributed by atoms with Crippen LogP contribution in [0.15, 0.2) is 12.4 Å². The van der Waals surface area contributed by atoms with E-state index in [0.717, 1.165) is 19.6 Å². The number of carbonyl (C=O) groups is 1. The van der Waals surface area contributed by atoms with Gasteiger partial charge >= 0.3 is 0 Å². The number of rotatable bonds is 3. The number of nitrogens with one attached hydrogen (secondary N) is 1. The van der Waals surface area contributed by atoms with Gasteiger partial charge in [0, 0.05) is 12.7 Å². The zero-order valence-electron chi connectivity index (χ0n) is 8.65. The maximum atomic E-state index is 10.9. The van der Waals surface area contributed by atoms with Gasteiger partial charge in [-0.25, -0.2) is 0 Å². The van der Waals surface area contributed by atoms with Gasteiger partial charge in [0.1, 0.15) is 0 Å². The standard InChI is InChI=1S/C10H16N4O/c11-10(15)9-5-13-14(7-9)6-8-2-1-3-12-4-8/h5,7-8,12H,1-4,6H2,(H2,11,15)/t8-/m1/s1. The summed E-state index contributed by atoms with van der Waals surface area (Å²) < 4.78 is 1.80. The van der Waals surface area contributed by atoms with E-state index >= 15 is 0 Å². The first-order valence-electron chi connectivity index (χ1n) is 5.28. The van der Waals surface area contributed by atoms with Crippen LogP contribution in [0.25, 0.3) is 0 Å². The number of amides is 1. The molecule has 0 spiro atoms. The maximum Gasteiger partial charge on any atom is 0.251 e. The smallest absolute Gasteiger partial charge is 0.251 e. The van der Waals surface area contributed by atoms with Crippen molar-refractivity contribution in [3.63, 3.8) is 0 Å². The van der Waals surface area contributed by atoms with Gasteiger partial charge < -0.3 is 11.1 Å². The zero-order chi connectivity index (χ0) is 10.7. The quantitative estimate of drug-likeness (QED) is 0.733. The van der Waals surface area contributed by atoms with Crippen LogP contribution < -0.4 is 11.1 Å². The van der Waals surface area contributed by atoms with Crippen LogP contribution in [-0.4, -0.2) is 28.8 Å². The molecule has 0 unspecified atom stereocenters. The molecule has 1 atom stereocenters. The lowest BCUT2D eigenvalue weighted by atomic mass is 10.00. The third-order valence-corrected chi connectivity index (χ3v) is 2.76. The van der Waals surface area contributed by atoms with E-state index in [0.29, 0.717) is 11.5 Å². The molecular formula is C10H16N4O. The molecule has 0 saturated carbocycles. The largest absolute Gasteiger partial charge is 0.366 e. The minimum atomic E-state index is -0.414.